The fourth-order valence-corrected chi connectivity index (χ4v) is 0. The number of phosphoric acid groups is 5. The van der Waals surface area contributed by atoms with Gasteiger partial charge in [-0.25, -0.2) is 0 Å². The van der Waals surface area contributed by atoms with Crippen molar-refractivity contribution in [1.29, 1.82) is 0 Å². The first-order valence-corrected chi connectivity index (χ1v) is 11.0. The normalized spacial score (nSPS) is 9.83. The van der Waals surface area contributed by atoms with Crippen molar-refractivity contribution in [2.45, 2.75) is 0 Å². The minimum Gasteiger partial charge on any atom is -1.00 e. The molecule has 30 heteroatoms. The second-order valence-electron chi connectivity index (χ2n) is 2.24. The minimum absolute atomic E-state index is 0. The van der Waals surface area contributed by atoms with Crippen molar-refractivity contribution in [3.63, 3.8) is 0 Å². The van der Waals surface area contributed by atoms with Crippen molar-refractivity contribution >= 4 is 39.1 Å². The summed E-state index contributed by atoms with van der Waals surface area (Å²) in [7, 11) is -26.9. The summed E-state index contributed by atoms with van der Waals surface area (Å²) in [4.78, 5) is 128. The maximum atomic E-state index is 8.55. The third-order valence-electron chi connectivity index (χ3n) is 0. The summed E-state index contributed by atoms with van der Waals surface area (Å²) in [6, 6.07) is 0. The van der Waals surface area contributed by atoms with Crippen LogP contribution in [0.2, 0.25) is 0 Å². The fraction of sp³-hybridized carbons (Fsp3) is 0. The van der Waals surface area contributed by atoms with E-state index in [0.29, 0.717) is 0 Å². The molecule has 0 aromatic rings. The van der Waals surface area contributed by atoms with Gasteiger partial charge in [-0.2, -0.15) is 39.1 Å². The molecular formula is FNaO20P5V3-15. The van der Waals surface area contributed by atoms with Crippen LogP contribution in [0.3, 0.4) is 0 Å². The molecule has 0 aliphatic carbocycles. The Kier molecular flexibility index (Phi) is 60.7. The van der Waals surface area contributed by atoms with Gasteiger partial charge in [0.05, 0.1) is 0 Å². The van der Waals surface area contributed by atoms with Gasteiger partial charge >= 0.3 is 29.6 Å². The second kappa shape index (κ2) is 28.5. The summed E-state index contributed by atoms with van der Waals surface area (Å²) in [5, 5.41) is 0. The predicted octanol–water partition coefficient (Wildman–Crippen LogP) is -20.1. The van der Waals surface area contributed by atoms with Gasteiger partial charge in [-0.05, 0) is 0 Å². The van der Waals surface area contributed by atoms with Crippen LogP contribution in [0.1, 0.15) is 0 Å². The summed E-state index contributed by atoms with van der Waals surface area (Å²) >= 11 is 0. The molecule has 183 valence electrons. The van der Waals surface area contributed by atoms with E-state index in [1.807, 2.05) is 0 Å². The molecule has 0 fully saturated rings. The first kappa shape index (κ1) is 64.0. The Balaban J connectivity index is -0.0000000200. The zero-order valence-corrected chi connectivity index (χ0v) is 23.8. The van der Waals surface area contributed by atoms with Crippen LogP contribution in [0.25, 0.3) is 0 Å². The van der Waals surface area contributed by atoms with Crippen LogP contribution >= 0.6 is 39.1 Å². The number of rotatable bonds is 0. The van der Waals surface area contributed by atoms with Crippen LogP contribution in [-0.4, -0.2) is 0 Å². The SMILES string of the molecule is O=P([O-])([O-])[O-].O=P([O-])([O-])[O-].O=P([O-])([O-])[O-].O=P([O-])([O-])[O-].O=P([O-])([O-])[O-].[F-].[Na+].[V].[V].[V]. The van der Waals surface area contributed by atoms with Crippen LogP contribution in [-0.2, 0) is 78.5 Å². The Bertz CT molecular complexity index is 391. The quantitative estimate of drug-likeness (QED) is 0.170. The van der Waals surface area contributed by atoms with E-state index < -0.39 is 39.1 Å². The molecule has 0 aliphatic heterocycles. The Labute approximate surface area is 223 Å². The average Bonchev–Trinajstić information content (AvgIpc) is 1.79. The molecule has 0 unspecified atom stereocenters. The largest absolute Gasteiger partial charge is 1.00 e. The Hall–Kier alpha value is 3.23. The van der Waals surface area contributed by atoms with E-state index in [2.05, 4.69) is 0 Å². The Morgan fingerprint density at radius 1 is 0.300 bits per heavy atom. The molecule has 0 atom stereocenters. The van der Waals surface area contributed by atoms with Crippen LogP contribution in [0.5, 0.6) is 0 Å². The molecule has 0 aromatic carbocycles. The molecule has 0 bridgehead atoms. The maximum Gasteiger partial charge on any atom is 1.00 e. The van der Waals surface area contributed by atoms with Crippen molar-refractivity contribution < 1.29 is 186 Å². The molecule has 20 nitrogen and oxygen atoms in total. The second-order valence-corrected chi connectivity index (χ2v) is 6.71. The fourth-order valence-electron chi connectivity index (χ4n) is 0. The number of hydrogen-bond donors (Lipinski definition) is 0. The monoisotopic (exact) mass is 670 g/mol. The zero-order chi connectivity index (χ0) is 22.5. The molecule has 0 N–H and O–H groups in total. The van der Waals surface area contributed by atoms with Gasteiger partial charge in [0.1, 0.15) is 0 Å². The van der Waals surface area contributed by atoms with Gasteiger partial charge in [-0.1, -0.05) is 0 Å². The van der Waals surface area contributed by atoms with Crippen LogP contribution < -0.4 is 108 Å². The maximum absolute atomic E-state index is 8.55. The predicted molar refractivity (Wildman–Crippen MR) is 38.0 cm³/mol. The summed E-state index contributed by atoms with van der Waals surface area (Å²) in [6.07, 6.45) is 0. The molecule has 30 heavy (non-hydrogen) atoms. The Morgan fingerprint density at radius 3 is 0.300 bits per heavy atom. The smallest absolute Gasteiger partial charge is 1.00 e. The van der Waals surface area contributed by atoms with Gasteiger partial charge in [-0.3, -0.25) is 0 Å². The molecule has 0 heterocycles. The molecule has 0 saturated carbocycles. The summed E-state index contributed by atoms with van der Waals surface area (Å²) in [6.45, 7) is 0. The summed E-state index contributed by atoms with van der Waals surface area (Å²) < 4.78 is 42.7. The van der Waals surface area contributed by atoms with Crippen LogP contribution in [0, 0.1) is 0 Å². The van der Waals surface area contributed by atoms with Gasteiger partial charge in [0.25, 0.3) is 0 Å². The minimum atomic E-state index is -5.39. The topological polar surface area (TPSA) is 431 Å². The third-order valence-corrected chi connectivity index (χ3v) is 0. The van der Waals surface area contributed by atoms with Crippen LogP contribution in [0.4, 0.5) is 0 Å². The van der Waals surface area contributed by atoms with E-state index in [0.717, 1.165) is 0 Å². The van der Waals surface area contributed by atoms with Gasteiger partial charge in [0.15, 0.2) is 0 Å². The molecular weight excluding hydrogens is 670 g/mol. The van der Waals surface area contributed by atoms with Crippen molar-refractivity contribution in [3.8, 4) is 0 Å². The number of hydrogen-bond acceptors (Lipinski definition) is 20. The van der Waals surface area contributed by atoms with Gasteiger partial charge in [0, 0.05) is 55.7 Å². The average molecular weight is 670 g/mol. The van der Waals surface area contributed by atoms with E-state index >= 15 is 0 Å². The molecule has 3 radical (unpaired) electrons. The van der Waals surface area contributed by atoms with Crippen molar-refractivity contribution in [3.05, 3.63) is 0 Å². The molecule has 0 aliphatic rings. The Morgan fingerprint density at radius 2 is 0.300 bits per heavy atom. The van der Waals surface area contributed by atoms with E-state index in [9.17, 15) is 0 Å². The van der Waals surface area contributed by atoms with Gasteiger partial charge in [-0.15, -0.1) is 0 Å². The zero-order valence-electron chi connectivity index (χ0n) is 13.1. The standard InChI is InChI=1S/FH.Na.5H3O4P.3V/c;;5*1-5(2,3)4;;;/h1H;;5*(H3,1,2,3,4);;;/q;+1;;;;;;;;/p-16. The molecule has 0 aromatic heterocycles. The van der Waals surface area contributed by atoms with Crippen LogP contribution in [0.15, 0.2) is 0 Å². The molecule has 0 amide bonds. The van der Waals surface area contributed by atoms with Crippen molar-refractivity contribution in [2.75, 3.05) is 0 Å². The van der Waals surface area contributed by atoms with Crippen molar-refractivity contribution in [1.82, 2.24) is 0 Å². The van der Waals surface area contributed by atoms with E-state index in [1.54, 1.807) is 0 Å². The van der Waals surface area contributed by atoms with Crippen molar-refractivity contribution in [2.24, 2.45) is 0 Å². The van der Waals surface area contributed by atoms with E-state index in [1.165, 1.54) is 0 Å². The van der Waals surface area contributed by atoms with E-state index in [-0.39, 0.29) is 89.9 Å². The molecule has 0 saturated heterocycles. The first-order valence-electron chi connectivity index (χ1n) is 3.65. The summed E-state index contributed by atoms with van der Waals surface area (Å²) in [5.74, 6) is 0. The van der Waals surface area contributed by atoms with E-state index in [4.69, 9.17) is 96.2 Å². The molecule has 0 spiro atoms. The number of halogens is 1. The molecule has 0 rings (SSSR count). The van der Waals surface area contributed by atoms with Gasteiger partial charge in [0.2, 0.25) is 0 Å². The summed E-state index contributed by atoms with van der Waals surface area (Å²) in [5.41, 5.74) is 0. The van der Waals surface area contributed by atoms with Gasteiger partial charge < -0.3 is 101 Å². The first-order chi connectivity index (χ1) is 10.0. The third kappa shape index (κ3) is 2730.